The van der Waals surface area contributed by atoms with Crippen LogP contribution in [-0.2, 0) is 9.53 Å². The van der Waals surface area contributed by atoms with Crippen LogP contribution in [0.4, 0.5) is 4.39 Å². The van der Waals surface area contributed by atoms with Crippen LogP contribution < -0.4 is 0 Å². The summed E-state index contributed by atoms with van der Waals surface area (Å²) in [5.74, 6) is -1.12. The van der Waals surface area contributed by atoms with Crippen LogP contribution in [0, 0.1) is 23.8 Å². The van der Waals surface area contributed by atoms with Gasteiger partial charge in [0.05, 0.1) is 0 Å². The number of halogens is 2. The quantitative estimate of drug-likeness (QED) is 0.307. The second-order valence-electron chi connectivity index (χ2n) is 11.8. The Bertz CT molecular complexity index is 1740. The summed E-state index contributed by atoms with van der Waals surface area (Å²) in [7, 11) is 2.05. The van der Waals surface area contributed by atoms with Crippen molar-refractivity contribution >= 4 is 39.8 Å². The lowest BCUT2D eigenvalue weighted by molar-refractivity contribution is -0.130. The number of carbonyl (C=O) groups excluding carboxylic acids is 1. The first kappa shape index (κ1) is 30.6. The van der Waals surface area contributed by atoms with Crippen molar-refractivity contribution in [2.24, 2.45) is 10.9 Å². The Morgan fingerprint density at radius 2 is 2.07 bits per heavy atom. The smallest absolute Gasteiger partial charge is 0.246 e. The van der Waals surface area contributed by atoms with Gasteiger partial charge in [-0.15, -0.1) is 0 Å². The van der Waals surface area contributed by atoms with Crippen LogP contribution in [0.3, 0.4) is 0 Å². The minimum atomic E-state index is -0.960. The number of allylic oxidation sites excluding steroid dienone is 2. The maximum absolute atomic E-state index is 16.9. The summed E-state index contributed by atoms with van der Waals surface area (Å²) in [6, 6.07) is 12.4. The highest BCUT2D eigenvalue weighted by molar-refractivity contribution is 6.36. The van der Waals surface area contributed by atoms with E-state index in [-0.39, 0.29) is 30.0 Å². The van der Waals surface area contributed by atoms with Gasteiger partial charge >= 0.3 is 0 Å². The third-order valence-corrected chi connectivity index (χ3v) is 9.61. The molecule has 10 heteroatoms. The van der Waals surface area contributed by atoms with Crippen molar-refractivity contribution in [3.63, 3.8) is 0 Å². The van der Waals surface area contributed by atoms with Crippen molar-refractivity contribution in [1.82, 2.24) is 14.7 Å². The third-order valence-electron chi connectivity index (χ3n) is 9.29. The lowest BCUT2D eigenvalue weighted by atomic mass is 9.81. The Kier molecular flexibility index (Phi) is 8.76. The molecule has 1 aliphatic carbocycles. The first-order valence-electron chi connectivity index (χ1n) is 15.2. The first-order chi connectivity index (χ1) is 21.9. The lowest BCUT2D eigenvalue weighted by Gasteiger charge is -2.44. The van der Waals surface area contributed by atoms with Gasteiger partial charge in [0, 0.05) is 53.3 Å². The molecule has 3 aliphatic heterocycles. The molecular formula is C35H34ClFN6O2. The second kappa shape index (κ2) is 12.9. The number of nitrogens with zero attached hydrogens (tertiary/aromatic N) is 6. The number of hydrogen-bond acceptors (Lipinski definition) is 6. The van der Waals surface area contributed by atoms with Gasteiger partial charge < -0.3 is 24.3 Å². The molecule has 0 bridgehead atoms. The molecule has 45 heavy (non-hydrogen) atoms. The predicted octanol–water partition coefficient (Wildman–Crippen LogP) is 5.65. The summed E-state index contributed by atoms with van der Waals surface area (Å²) >= 11 is 6.63. The zero-order valence-electron chi connectivity index (χ0n) is 25.1. The van der Waals surface area contributed by atoms with Gasteiger partial charge in [0.25, 0.3) is 0 Å². The monoisotopic (exact) mass is 624 g/mol. The minimum Gasteiger partial charge on any atom is -0.475 e. The Morgan fingerprint density at radius 3 is 2.78 bits per heavy atom. The molecule has 0 aromatic heterocycles. The Morgan fingerprint density at radius 1 is 1.27 bits per heavy atom. The van der Waals surface area contributed by atoms with Gasteiger partial charge in [-0.3, -0.25) is 4.79 Å². The fourth-order valence-corrected chi connectivity index (χ4v) is 7.26. The Balaban J connectivity index is 1.43. The molecule has 6 rings (SSSR count). The SMILES string of the molecule is [C-]#[N+]C[C@H]1CN(C2=C(C#N)C(OC[C@@H]3CCCN3C)=NC3C(F)=C(c4cccc5cccc(Cl)c45)C=CC23)CCN1C(=O)C=C. The maximum Gasteiger partial charge on any atom is 0.246 e. The van der Waals surface area contributed by atoms with Crippen molar-refractivity contribution in [2.75, 3.05) is 46.4 Å². The van der Waals surface area contributed by atoms with Gasteiger partial charge in [-0.25, -0.2) is 16.0 Å². The molecule has 2 aromatic rings. The number of ether oxygens (including phenoxy) is 1. The van der Waals surface area contributed by atoms with E-state index in [4.69, 9.17) is 27.9 Å². The summed E-state index contributed by atoms with van der Waals surface area (Å²) in [6.45, 7) is 13.6. The molecule has 230 valence electrons. The van der Waals surface area contributed by atoms with E-state index in [9.17, 15) is 10.1 Å². The number of aliphatic imine (C=N–C) groups is 1. The zero-order chi connectivity index (χ0) is 31.7. The molecule has 2 unspecified atom stereocenters. The van der Waals surface area contributed by atoms with Crippen LogP contribution in [0.15, 0.2) is 83.3 Å². The summed E-state index contributed by atoms with van der Waals surface area (Å²) < 4.78 is 23.2. The van der Waals surface area contributed by atoms with Crippen molar-refractivity contribution < 1.29 is 13.9 Å². The van der Waals surface area contributed by atoms with Crippen molar-refractivity contribution in [1.29, 1.82) is 5.26 Å². The molecule has 0 N–H and O–H groups in total. The normalized spacial score (nSPS) is 25.1. The number of amides is 1. The van der Waals surface area contributed by atoms with Gasteiger partial charge in [0.1, 0.15) is 36.2 Å². The highest BCUT2D eigenvalue weighted by Gasteiger charge is 2.43. The van der Waals surface area contributed by atoms with Crippen molar-refractivity contribution in [3.05, 3.63) is 100 Å². The van der Waals surface area contributed by atoms with E-state index >= 15 is 4.39 Å². The summed E-state index contributed by atoms with van der Waals surface area (Å²) in [5, 5.41) is 12.7. The number of nitriles is 1. The molecule has 1 amide bonds. The Hall–Kier alpha value is -4.44. The van der Waals surface area contributed by atoms with E-state index in [1.807, 2.05) is 48.4 Å². The first-order valence-corrected chi connectivity index (χ1v) is 15.6. The van der Waals surface area contributed by atoms with Crippen LogP contribution in [0.25, 0.3) is 21.2 Å². The number of dihydropyridines is 1. The molecule has 2 saturated heterocycles. The molecule has 0 spiro atoms. The number of benzene rings is 2. The third kappa shape index (κ3) is 5.63. The van der Waals surface area contributed by atoms with Crippen molar-refractivity contribution in [2.45, 2.75) is 31.0 Å². The van der Waals surface area contributed by atoms with E-state index in [1.165, 1.54) is 6.08 Å². The average molecular weight is 625 g/mol. The highest BCUT2D eigenvalue weighted by Crippen LogP contribution is 2.44. The number of piperazine rings is 1. The fraction of sp³-hybridized carbons (Fsp3) is 0.371. The molecule has 4 atom stereocenters. The Labute approximate surface area is 267 Å². The number of carbonyl (C=O) groups is 1. The minimum absolute atomic E-state index is 0.0981. The highest BCUT2D eigenvalue weighted by atomic mass is 35.5. The fourth-order valence-electron chi connectivity index (χ4n) is 6.98. The van der Waals surface area contributed by atoms with Gasteiger partial charge in [0.15, 0.2) is 0 Å². The van der Waals surface area contributed by atoms with Crippen LogP contribution in [0.1, 0.15) is 18.4 Å². The van der Waals surface area contributed by atoms with E-state index in [1.54, 1.807) is 17.0 Å². The second-order valence-corrected chi connectivity index (χ2v) is 12.2. The number of likely N-dealkylation sites (N-methyl/N-ethyl adjacent to an activating group) is 1. The van der Waals surface area contributed by atoms with E-state index in [0.29, 0.717) is 48.1 Å². The van der Waals surface area contributed by atoms with Crippen LogP contribution in [0.5, 0.6) is 0 Å². The zero-order valence-corrected chi connectivity index (χ0v) is 25.9. The van der Waals surface area contributed by atoms with Gasteiger partial charge in [0.2, 0.25) is 18.3 Å². The molecule has 0 saturated carbocycles. The molecule has 0 radical (unpaired) electrons. The standard InChI is InChI=1S/C35H34ClFN6O2/c1-4-30(44)43-17-16-42(20-24(43)19-39-2)34-27-14-13-26(25-11-5-8-22-9-6-12-29(36)31(22)25)32(37)33(27)40-35(28(34)18-38)45-21-23-10-7-15-41(23)3/h4-6,8-9,11-14,23-24,27,33H,1,7,10,15-17,19-21H2,3H3/t23-,24-,27?,33?/m0/s1. The van der Waals surface area contributed by atoms with Crippen LogP contribution in [-0.4, -0.2) is 91.0 Å². The lowest BCUT2D eigenvalue weighted by Crippen LogP contribution is -2.57. The van der Waals surface area contributed by atoms with E-state index in [2.05, 4.69) is 22.4 Å². The molecule has 2 fully saturated rings. The predicted molar refractivity (Wildman–Crippen MR) is 174 cm³/mol. The van der Waals surface area contributed by atoms with E-state index in [0.717, 1.165) is 30.2 Å². The number of fused-ring (bicyclic) bond motifs is 2. The molecule has 8 nitrogen and oxygen atoms in total. The average Bonchev–Trinajstić information content (AvgIpc) is 3.47. The van der Waals surface area contributed by atoms with Gasteiger partial charge in [-0.05, 0) is 49.5 Å². The van der Waals surface area contributed by atoms with Gasteiger partial charge in [-0.2, -0.15) is 5.26 Å². The molecular weight excluding hydrogens is 591 g/mol. The van der Waals surface area contributed by atoms with Crippen molar-refractivity contribution in [3.8, 4) is 6.07 Å². The summed E-state index contributed by atoms with van der Waals surface area (Å²) in [4.78, 5) is 26.8. The number of hydrogen-bond donors (Lipinski definition) is 0. The molecule has 3 heterocycles. The number of rotatable bonds is 6. The number of likely N-dealkylation sites (tertiary alicyclic amines) is 1. The van der Waals surface area contributed by atoms with Gasteiger partial charge in [-0.1, -0.05) is 60.7 Å². The topological polar surface area (TPSA) is 76.5 Å². The summed E-state index contributed by atoms with van der Waals surface area (Å²) in [5.41, 5.74) is 1.92. The van der Waals surface area contributed by atoms with E-state index < -0.39 is 23.8 Å². The molecule has 2 aromatic carbocycles. The van der Waals surface area contributed by atoms with Crippen LogP contribution >= 0.6 is 11.6 Å². The largest absolute Gasteiger partial charge is 0.475 e. The van der Waals surface area contributed by atoms with Crippen LogP contribution in [0.2, 0.25) is 5.02 Å². The summed E-state index contributed by atoms with van der Waals surface area (Å²) in [6.07, 6.45) is 6.94. The molecule has 4 aliphatic rings. The maximum atomic E-state index is 16.9.